The van der Waals surface area contributed by atoms with E-state index in [9.17, 15) is 0 Å². The fourth-order valence-corrected chi connectivity index (χ4v) is 3.16. The highest BCUT2D eigenvalue weighted by atomic mass is 127. The normalized spacial score (nSPS) is 18.0. The first-order valence-electron chi connectivity index (χ1n) is 8.14. The molecule has 1 aromatic rings. The van der Waals surface area contributed by atoms with Crippen molar-refractivity contribution in [1.82, 2.24) is 10.2 Å². The number of aryl methyl sites for hydroxylation is 2. The molecule has 5 heteroatoms. The monoisotopic (exact) mass is 431 g/mol. The maximum Gasteiger partial charge on any atom is 0.193 e. The van der Waals surface area contributed by atoms with Gasteiger partial charge in [0.2, 0.25) is 0 Å². The van der Waals surface area contributed by atoms with Crippen molar-refractivity contribution in [3.8, 4) is 0 Å². The van der Waals surface area contributed by atoms with Gasteiger partial charge >= 0.3 is 0 Å². The molecule has 0 radical (unpaired) electrons. The number of rotatable bonds is 5. The average molecular weight is 431 g/mol. The predicted octanol–water partition coefficient (Wildman–Crippen LogP) is 3.01. The number of benzene rings is 1. The molecule has 0 spiro atoms. The van der Waals surface area contributed by atoms with Crippen molar-refractivity contribution in [3.05, 3.63) is 34.9 Å². The highest BCUT2D eigenvalue weighted by Gasteiger charge is 2.24. The topological polar surface area (TPSA) is 36.9 Å². The first kappa shape index (κ1) is 20.2. The molecule has 2 rings (SSSR count). The Hall–Kier alpha value is -0.820. The lowest BCUT2D eigenvalue weighted by atomic mass is 10.0. The molecule has 0 saturated carbocycles. The smallest absolute Gasteiger partial charge is 0.193 e. The molecule has 1 unspecified atom stereocenters. The Balaban J connectivity index is 0.00000264. The van der Waals surface area contributed by atoms with Crippen molar-refractivity contribution in [1.29, 1.82) is 0 Å². The number of hydrogen-bond acceptors (Lipinski definition) is 2. The summed E-state index contributed by atoms with van der Waals surface area (Å²) in [6, 6.07) is 6.67. The second-order valence-electron chi connectivity index (χ2n) is 6.21. The van der Waals surface area contributed by atoms with E-state index < -0.39 is 0 Å². The molecule has 1 saturated heterocycles. The maximum atomic E-state index is 5.26. The highest BCUT2D eigenvalue weighted by molar-refractivity contribution is 14.0. The molecule has 130 valence electrons. The van der Waals surface area contributed by atoms with Crippen molar-refractivity contribution < 1.29 is 4.74 Å². The van der Waals surface area contributed by atoms with Gasteiger partial charge in [-0.3, -0.25) is 4.99 Å². The van der Waals surface area contributed by atoms with E-state index in [0.29, 0.717) is 5.92 Å². The number of ether oxygens (including phenoxy) is 1. The van der Waals surface area contributed by atoms with E-state index in [1.165, 1.54) is 23.1 Å². The van der Waals surface area contributed by atoms with Gasteiger partial charge in [-0.1, -0.05) is 23.8 Å². The van der Waals surface area contributed by atoms with Crippen molar-refractivity contribution in [2.45, 2.75) is 26.7 Å². The van der Waals surface area contributed by atoms with E-state index in [4.69, 9.17) is 4.74 Å². The predicted molar refractivity (Wildman–Crippen MR) is 108 cm³/mol. The van der Waals surface area contributed by atoms with E-state index in [0.717, 1.165) is 38.6 Å². The van der Waals surface area contributed by atoms with Crippen molar-refractivity contribution >= 4 is 29.9 Å². The molecule has 1 aliphatic rings. The molecule has 1 fully saturated rings. The van der Waals surface area contributed by atoms with Crippen LogP contribution in [-0.4, -0.2) is 51.3 Å². The van der Waals surface area contributed by atoms with Crippen molar-refractivity contribution in [2.75, 3.05) is 40.4 Å². The van der Waals surface area contributed by atoms with Crippen LogP contribution in [0.15, 0.2) is 23.2 Å². The minimum absolute atomic E-state index is 0. The first-order chi connectivity index (χ1) is 10.6. The van der Waals surface area contributed by atoms with Gasteiger partial charge in [0.15, 0.2) is 5.96 Å². The second kappa shape index (κ2) is 10.1. The van der Waals surface area contributed by atoms with Gasteiger partial charge < -0.3 is 15.0 Å². The minimum Gasteiger partial charge on any atom is -0.384 e. The third-order valence-electron chi connectivity index (χ3n) is 4.38. The molecule has 1 aromatic carbocycles. The number of nitrogens with zero attached hydrogens (tertiary/aromatic N) is 2. The quantitative estimate of drug-likeness (QED) is 0.443. The molecule has 0 bridgehead atoms. The van der Waals surface area contributed by atoms with E-state index >= 15 is 0 Å². The minimum atomic E-state index is 0. The van der Waals surface area contributed by atoms with Gasteiger partial charge in [0.05, 0.1) is 6.61 Å². The standard InChI is InChI=1S/C18H29N3O.HI/c1-14-5-6-17(15(2)11-14)7-9-20-18(19-3)21-10-8-16(12-21)13-22-4;/h5-6,11,16H,7-10,12-13H2,1-4H3,(H,19,20);1H. The van der Waals surface area contributed by atoms with Gasteiger partial charge in [-0.05, 0) is 37.8 Å². The Labute approximate surface area is 157 Å². The number of likely N-dealkylation sites (tertiary alicyclic amines) is 1. The molecule has 1 atom stereocenters. The van der Waals surface area contributed by atoms with Gasteiger partial charge in [0, 0.05) is 39.7 Å². The zero-order valence-corrected chi connectivity index (χ0v) is 17.1. The number of hydrogen-bond donors (Lipinski definition) is 1. The van der Waals surface area contributed by atoms with Crippen LogP contribution in [-0.2, 0) is 11.2 Å². The van der Waals surface area contributed by atoms with E-state index in [2.05, 4.69) is 47.3 Å². The van der Waals surface area contributed by atoms with Crippen LogP contribution < -0.4 is 5.32 Å². The second-order valence-corrected chi connectivity index (χ2v) is 6.21. The summed E-state index contributed by atoms with van der Waals surface area (Å²) in [5, 5.41) is 3.50. The first-order valence-corrected chi connectivity index (χ1v) is 8.14. The molecule has 0 aliphatic carbocycles. The van der Waals surface area contributed by atoms with Crippen LogP contribution in [0.5, 0.6) is 0 Å². The Kier molecular flexibility index (Phi) is 8.91. The summed E-state index contributed by atoms with van der Waals surface area (Å²) in [4.78, 5) is 6.76. The van der Waals surface area contributed by atoms with Crippen LogP contribution in [0, 0.1) is 19.8 Å². The van der Waals surface area contributed by atoms with Gasteiger partial charge in [-0.25, -0.2) is 0 Å². The number of aliphatic imine (C=N–C) groups is 1. The average Bonchev–Trinajstić information content (AvgIpc) is 2.94. The molecular formula is C18H30IN3O. The number of halogens is 1. The number of nitrogens with one attached hydrogen (secondary N) is 1. The Morgan fingerprint density at radius 1 is 1.39 bits per heavy atom. The summed E-state index contributed by atoms with van der Waals surface area (Å²) in [5.41, 5.74) is 4.11. The van der Waals surface area contributed by atoms with E-state index in [1.54, 1.807) is 7.11 Å². The summed E-state index contributed by atoms with van der Waals surface area (Å²) in [5.74, 6) is 1.64. The third kappa shape index (κ3) is 5.95. The molecular weight excluding hydrogens is 401 g/mol. The van der Waals surface area contributed by atoms with Crippen molar-refractivity contribution in [3.63, 3.8) is 0 Å². The maximum absolute atomic E-state index is 5.26. The highest BCUT2D eigenvalue weighted by Crippen LogP contribution is 2.16. The van der Waals surface area contributed by atoms with Crippen LogP contribution >= 0.6 is 24.0 Å². The fraction of sp³-hybridized carbons (Fsp3) is 0.611. The van der Waals surface area contributed by atoms with Crippen LogP contribution in [0.2, 0.25) is 0 Å². The molecule has 1 aliphatic heterocycles. The Bertz CT molecular complexity index is 519. The summed E-state index contributed by atoms with van der Waals surface area (Å²) >= 11 is 0. The third-order valence-corrected chi connectivity index (χ3v) is 4.38. The van der Waals surface area contributed by atoms with Crippen molar-refractivity contribution in [2.24, 2.45) is 10.9 Å². The lowest BCUT2D eigenvalue weighted by Crippen LogP contribution is -2.41. The molecule has 0 amide bonds. The number of guanidine groups is 1. The fourth-order valence-electron chi connectivity index (χ4n) is 3.16. The summed E-state index contributed by atoms with van der Waals surface area (Å²) in [6.07, 6.45) is 2.21. The molecule has 0 aromatic heterocycles. The molecule has 4 nitrogen and oxygen atoms in total. The van der Waals surface area contributed by atoms with Crippen LogP contribution in [0.1, 0.15) is 23.1 Å². The lowest BCUT2D eigenvalue weighted by molar-refractivity contribution is 0.157. The SMILES string of the molecule is CN=C(NCCc1ccc(C)cc1C)N1CCC(COC)C1.I. The van der Waals surface area contributed by atoms with Crippen LogP contribution in [0.25, 0.3) is 0 Å². The zero-order chi connectivity index (χ0) is 15.9. The van der Waals surface area contributed by atoms with Crippen LogP contribution in [0.3, 0.4) is 0 Å². The molecule has 1 heterocycles. The zero-order valence-electron chi connectivity index (χ0n) is 14.8. The van der Waals surface area contributed by atoms with Gasteiger partial charge in [0.25, 0.3) is 0 Å². The summed E-state index contributed by atoms with van der Waals surface area (Å²) < 4.78 is 5.26. The molecule has 23 heavy (non-hydrogen) atoms. The van der Waals surface area contributed by atoms with Gasteiger partial charge in [-0.2, -0.15) is 0 Å². The van der Waals surface area contributed by atoms with E-state index in [1.807, 2.05) is 7.05 Å². The summed E-state index contributed by atoms with van der Waals surface area (Å²) in [6.45, 7) is 8.19. The van der Waals surface area contributed by atoms with Gasteiger partial charge in [0.1, 0.15) is 0 Å². The van der Waals surface area contributed by atoms with E-state index in [-0.39, 0.29) is 24.0 Å². The molecule has 1 N–H and O–H groups in total. The summed E-state index contributed by atoms with van der Waals surface area (Å²) in [7, 11) is 3.64. The number of methoxy groups -OCH3 is 1. The Morgan fingerprint density at radius 2 is 2.17 bits per heavy atom. The Morgan fingerprint density at radius 3 is 2.83 bits per heavy atom. The largest absolute Gasteiger partial charge is 0.384 e. The van der Waals surface area contributed by atoms with Gasteiger partial charge in [-0.15, -0.1) is 24.0 Å². The van der Waals surface area contributed by atoms with Crippen LogP contribution in [0.4, 0.5) is 0 Å². The lowest BCUT2D eigenvalue weighted by Gasteiger charge is -2.22.